The van der Waals surface area contributed by atoms with Crippen LogP contribution in [0.15, 0.2) is 24.3 Å². The number of alkyl halides is 3. The van der Waals surface area contributed by atoms with Gasteiger partial charge in [0.1, 0.15) is 0 Å². The van der Waals surface area contributed by atoms with Crippen molar-refractivity contribution in [3.8, 4) is 0 Å². The molecule has 1 aliphatic heterocycles. The Morgan fingerprint density at radius 3 is 2.21 bits per heavy atom. The molecular formula is C17H21F3N2O2. The molecule has 0 N–H and O–H groups in total. The van der Waals surface area contributed by atoms with Gasteiger partial charge in [-0.1, -0.05) is 26.0 Å². The predicted molar refractivity (Wildman–Crippen MR) is 83.4 cm³/mol. The van der Waals surface area contributed by atoms with Gasteiger partial charge in [-0.15, -0.1) is 0 Å². The van der Waals surface area contributed by atoms with Crippen molar-refractivity contribution in [1.82, 2.24) is 9.80 Å². The number of carbonyl (C=O) groups is 2. The average molecular weight is 342 g/mol. The summed E-state index contributed by atoms with van der Waals surface area (Å²) in [4.78, 5) is 27.7. The summed E-state index contributed by atoms with van der Waals surface area (Å²) in [6.45, 7) is 5.04. The van der Waals surface area contributed by atoms with Gasteiger partial charge in [0.2, 0.25) is 5.91 Å². The normalized spacial score (nSPS) is 16.2. The Morgan fingerprint density at radius 2 is 1.58 bits per heavy atom. The van der Waals surface area contributed by atoms with E-state index in [1.165, 1.54) is 23.1 Å². The Balaban J connectivity index is 2.16. The molecule has 1 saturated heterocycles. The van der Waals surface area contributed by atoms with Crippen molar-refractivity contribution in [2.45, 2.75) is 26.4 Å². The third-order valence-corrected chi connectivity index (χ3v) is 4.05. The molecule has 1 aliphatic rings. The monoisotopic (exact) mass is 342 g/mol. The fourth-order valence-electron chi connectivity index (χ4n) is 2.79. The highest BCUT2D eigenvalue weighted by Crippen LogP contribution is 2.32. The summed E-state index contributed by atoms with van der Waals surface area (Å²) in [5.41, 5.74) is -1.26. The van der Waals surface area contributed by atoms with Crippen LogP contribution in [-0.4, -0.2) is 47.8 Å². The summed E-state index contributed by atoms with van der Waals surface area (Å²) in [6.07, 6.45) is -4.02. The third-order valence-electron chi connectivity index (χ3n) is 4.05. The maximum Gasteiger partial charge on any atom is 0.417 e. The molecular weight excluding hydrogens is 321 g/mol. The van der Waals surface area contributed by atoms with Gasteiger partial charge in [0.05, 0.1) is 11.1 Å². The molecule has 132 valence electrons. The fourth-order valence-corrected chi connectivity index (χ4v) is 2.79. The lowest BCUT2D eigenvalue weighted by molar-refractivity contribution is -0.138. The minimum Gasteiger partial charge on any atom is -0.341 e. The van der Waals surface area contributed by atoms with Gasteiger partial charge in [-0.05, 0) is 18.6 Å². The Hall–Kier alpha value is -2.05. The number of hydrogen-bond donors (Lipinski definition) is 0. The Labute approximate surface area is 139 Å². The molecule has 0 saturated carbocycles. The van der Waals surface area contributed by atoms with E-state index in [1.807, 2.05) is 0 Å². The van der Waals surface area contributed by atoms with Gasteiger partial charge in [0, 0.05) is 32.1 Å². The number of nitrogens with zero attached hydrogens (tertiary/aromatic N) is 2. The molecule has 0 spiro atoms. The van der Waals surface area contributed by atoms with Crippen molar-refractivity contribution >= 4 is 11.8 Å². The molecule has 0 bridgehead atoms. The fraction of sp³-hybridized carbons (Fsp3) is 0.529. The summed E-state index contributed by atoms with van der Waals surface area (Å²) in [5, 5.41) is 0. The largest absolute Gasteiger partial charge is 0.417 e. The molecule has 0 aliphatic carbocycles. The van der Waals surface area contributed by atoms with Crippen molar-refractivity contribution in [2.75, 3.05) is 26.2 Å². The predicted octanol–water partition coefficient (Wildman–Crippen LogP) is 3.04. The van der Waals surface area contributed by atoms with E-state index < -0.39 is 17.6 Å². The van der Waals surface area contributed by atoms with Crippen molar-refractivity contribution in [2.24, 2.45) is 5.92 Å². The van der Waals surface area contributed by atoms with Crippen molar-refractivity contribution in [1.29, 1.82) is 0 Å². The third kappa shape index (κ3) is 4.07. The molecule has 1 heterocycles. The minimum absolute atomic E-state index is 0.00000866. The lowest BCUT2D eigenvalue weighted by Crippen LogP contribution is -2.39. The second kappa shape index (κ2) is 7.23. The molecule has 0 atom stereocenters. The molecule has 1 aromatic rings. The zero-order valence-electron chi connectivity index (χ0n) is 13.8. The van der Waals surface area contributed by atoms with Crippen LogP contribution in [0.4, 0.5) is 13.2 Å². The van der Waals surface area contributed by atoms with Crippen LogP contribution < -0.4 is 0 Å². The topological polar surface area (TPSA) is 40.6 Å². The smallest absolute Gasteiger partial charge is 0.341 e. The van der Waals surface area contributed by atoms with Crippen LogP contribution in [0.1, 0.15) is 36.2 Å². The van der Waals surface area contributed by atoms with E-state index in [-0.39, 0.29) is 23.9 Å². The number of carbonyl (C=O) groups excluding carboxylic acids is 2. The van der Waals surface area contributed by atoms with Crippen molar-refractivity contribution in [3.05, 3.63) is 35.4 Å². The quantitative estimate of drug-likeness (QED) is 0.829. The van der Waals surface area contributed by atoms with Crippen LogP contribution in [0.3, 0.4) is 0 Å². The molecule has 1 aromatic carbocycles. The first-order chi connectivity index (χ1) is 11.2. The number of benzene rings is 1. The van der Waals surface area contributed by atoms with Gasteiger partial charge in [0.15, 0.2) is 0 Å². The highest BCUT2D eigenvalue weighted by Gasteiger charge is 2.36. The second-order valence-corrected chi connectivity index (χ2v) is 6.17. The van der Waals surface area contributed by atoms with Crippen LogP contribution in [0.25, 0.3) is 0 Å². The van der Waals surface area contributed by atoms with Gasteiger partial charge in [-0.2, -0.15) is 13.2 Å². The first-order valence-electron chi connectivity index (χ1n) is 7.96. The van der Waals surface area contributed by atoms with Gasteiger partial charge in [0.25, 0.3) is 5.91 Å². The Morgan fingerprint density at radius 1 is 1.00 bits per heavy atom. The van der Waals surface area contributed by atoms with E-state index >= 15 is 0 Å². The van der Waals surface area contributed by atoms with Crippen LogP contribution in [-0.2, 0) is 11.0 Å². The second-order valence-electron chi connectivity index (χ2n) is 6.17. The molecule has 2 amide bonds. The highest BCUT2D eigenvalue weighted by molar-refractivity contribution is 5.96. The van der Waals surface area contributed by atoms with E-state index in [0.29, 0.717) is 26.1 Å². The van der Waals surface area contributed by atoms with E-state index in [9.17, 15) is 22.8 Å². The SMILES string of the molecule is CC(C)C(=O)N1CCCN(C(=O)c2ccccc2C(F)(F)F)CC1. The maximum atomic E-state index is 13.1. The lowest BCUT2D eigenvalue weighted by atomic mass is 10.1. The molecule has 4 nitrogen and oxygen atoms in total. The van der Waals surface area contributed by atoms with Gasteiger partial charge in [-0.25, -0.2) is 0 Å². The van der Waals surface area contributed by atoms with E-state index in [1.54, 1.807) is 18.7 Å². The van der Waals surface area contributed by atoms with Crippen molar-refractivity contribution in [3.63, 3.8) is 0 Å². The van der Waals surface area contributed by atoms with Gasteiger partial charge < -0.3 is 9.80 Å². The molecule has 24 heavy (non-hydrogen) atoms. The highest BCUT2D eigenvalue weighted by atomic mass is 19.4. The van der Waals surface area contributed by atoms with Gasteiger partial charge >= 0.3 is 6.18 Å². The Bertz CT molecular complexity index is 614. The number of rotatable bonds is 2. The zero-order valence-corrected chi connectivity index (χ0v) is 13.8. The summed E-state index contributed by atoms with van der Waals surface area (Å²) < 4.78 is 39.3. The molecule has 2 rings (SSSR count). The summed E-state index contributed by atoms with van der Waals surface area (Å²) in [7, 11) is 0. The van der Waals surface area contributed by atoms with Crippen LogP contribution in [0.5, 0.6) is 0 Å². The average Bonchev–Trinajstić information content (AvgIpc) is 2.78. The molecule has 7 heteroatoms. The standard InChI is InChI=1S/C17H21F3N2O2/c1-12(2)15(23)21-8-5-9-22(11-10-21)16(24)13-6-3-4-7-14(13)17(18,19)20/h3-4,6-7,12H,5,8-11H2,1-2H3. The molecule has 0 aromatic heterocycles. The summed E-state index contributed by atoms with van der Waals surface area (Å²) in [5.74, 6) is -0.778. The number of amides is 2. The molecule has 0 radical (unpaired) electrons. The molecule has 1 fully saturated rings. The zero-order chi connectivity index (χ0) is 17.9. The lowest BCUT2D eigenvalue weighted by Gasteiger charge is -2.24. The van der Waals surface area contributed by atoms with Crippen molar-refractivity contribution < 1.29 is 22.8 Å². The van der Waals surface area contributed by atoms with Crippen LogP contribution >= 0.6 is 0 Å². The van der Waals surface area contributed by atoms with E-state index in [4.69, 9.17) is 0 Å². The first-order valence-corrected chi connectivity index (χ1v) is 7.96. The molecule has 0 unspecified atom stereocenters. The number of halogens is 3. The maximum absolute atomic E-state index is 13.1. The first kappa shape index (κ1) is 18.3. The summed E-state index contributed by atoms with van der Waals surface area (Å²) >= 11 is 0. The van der Waals surface area contributed by atoms with E-state index in [0.717, 1.165) is 6.07 Å². The van der Waals surface area contributed by atoms with Crippen LogP contribution in [0, 0.1) is 5.92 Å². The minimum atomic E-state index is -4.57. The van der Waals surface area contributed by atoms with Crippen LogP contribution in [0.2, 0.25) is 0 Å². The van der Waals surface area contributed by atoms with Gasteiger partial charge in [-0.3, -0.25) is 9.59 Å². The van der Waals surface area contributed by atoms with E-state index in [2.05, 4.69) is 0 Å². The Kier molecular flexibility index (Phi) is 5.51. The number of hydrogen-bond acceptors (Lipinski definition) is 2. The summed E-state index contributed by atoms with van der Waals surface area (Å²) in [6, 6.07) is 4.81.